The number of halogens is 3. The number of pyridine rings is 1. The van der Waals surface area contributed by atoms with Crippen molar-refractivity contribution in [2.24, 2.45) is 5.73 Å². The van der Waals surface area contributed by atoms with Crippen LogP contribution in [0.25, 0.3) is 11.1 Å². The molecule has 2 heterocycles. The molecule has 0 spiro atoms. The van der Waals surface area contributed by atoms with Gasteiger partial charge in [-0.25, -0.2) is 9.37 Å². The summed E-state index contributed by atoms with van der Waals surface area (Å²) in [6, 6.07) is 10.6. The highest BCUT2D eigenvalue weighted by molar-refractivity contribution is 6.34. The summed E-state index contributed by atoms with van der Waals surface area (Å²) in [6.45, 7) is 1.24. The number of hydrogen-bond acceptors (Lipinski definition) is 5. The van der Waals surface area contributed by atoms with E-state index < -0.39 is 17.6 Å². The van der Waals surface area contributed by atoms with E-state index >= 15 is 0 Å². The highest BCUT2D eigenvalue weighted by atomic mass is 35.5. The number of aromatic nitrogens is 1. The topological polar surface area (TPSA) is 88.8 Å². The summed E-state index contributed by atoms with van der Waals surface area (Å²) in [5.41, 5.74) is 7.34. The molecule has 0 radical (unpaired) electrons. The number of primary amides is 1. The van der Waals surface area contributed by atoms with Crippen LogP contribution in [0.3, 0.4) is 0 Å². The number of carbonyl (C=O) groups excluding carboxylic acids is 2. The Kier molecular flexibility index (Phi) is 7.25. The fourth-order valence-electron chi connectivity index (χ4n) is 4.09. The van der Waals surface area contributed by atoms with Crippen LogP contribution in [0, 0.1) is 5.82 Å². The standard InChI is InChI=1S/C25H23Cl2FN4O3/c1-31(25(34)22-19(27)4-3-5-20(22)28)24-21(32-9-8-16(13-32)35-2)11-15(12-30-24)17-10-14(23(29)33)6-7-18(17)26/h3-7,10-12,16H,8-9,13H2,1-2H3,(H2,29,33)/t16-/m0/s1. The van der Waals surface area contributed by atoms with Crippen molar-refractivity contribution in [2.75, 3.05) is 37.0 Å². The highest BCUT2D eigenvalue weighted by Gasteiger charge is 2.29. The molecule has 1 aliphatic rings. The van der Waals surface area contributed by atoms with Gasteiger partial charge in [0.2, 0.25) is 5.91 Å². The number of benzene rings is 2. The Hall–Kier alpha value is -3.20. The SMILES string of the molecule is CO[C@H]1CCN(c2cc(-c3cc(C(N)=O)ccc3Cl)cnc2N(C)C(=O)c2c(F)cccc2Cl)C1. The number of carbonyl (C=O) groups is 2. The molecule has 1 aromatic heterocycles. The van der Waals surface area contributed by atoms with Gasteiger partial charge in [-0.15, -0.1) is 0 Å². The van der Waals surface area contributed by atoms with Crippen molar-refractivity contribution in [3.05, 3.63) is 75.7 Å². The normalized spacial score (nSPS) is 15.3. The van der Waals surface area contributed by atoms with Crippen LogP contribution >= 0.6 is 23.2 Å². The van der Waals surface area contributed by atoms with Gasteiger partial charge in [0, 0.05) is 55.2 Å². The highest BCUT2D eigenvalue weighted by Crippen LogP contribution is 2.37. The summed E-state index contributed by atoms with van der Waals surface area (Å²) >= 11 is 12.6. The van der Waals surface area contributed by atoms with Crippen molar-refractivity contribution >= 4 is 46.5 Å². The average molecular weight is 517 g/mol. The number of nitrogens with two attached hydrogens (primary N) is 1. The minimum absolute atomic E-state index is 0.00954. The zero-order valence-electron chi connectivity index (χ0n) is 19.1. The fourth-order valence-corrected chi connectivity index (χ4v) is 4.56. The van der Waals surface area contributed by atoms with Gasteiger partial charge in [0.05, 0.1) is 22.4 Å². The van der Waals surface area contributed by atoms with Gasteiger partial charge >= 0.3 is 0 Å². The van der Waals surface area contributed by atoms with Crippen molar-refractivity contribution < 1.29 is 18.7 Å². The van der Waals surface area contributed by atoms with E-state index in [0.717, 1.165) is 6.42 Å². The monoisotopic (exact) mass is 516 g/mol. The maximum absolute atomic E-state index is 14.5. The Balaban J connectivity index is 1.81. The largest absolute Gasteiger partial charge is 0.380 e. The quantitative estimate of drug-likeness (QED) is 0.508. The maximum atomic E-state index is 14.5. The zero-order valence-corrected chi connectivity index (χ0v) is 20.6. The smallest absolute Gasteiger partial charge is 0.263 e. The molecule has 0 aliphatic carbocycles. The second-order valence-corrected chi connectivity index (χ2v) is 8.99. The summed E-state index contributed by atoms with van der Waals surface area (Å²) in [4.78, 5) is 32.8. The molecule has 0 unspecified atom stereocenters. The molecule has 182 valence electrons. The molecule has 1 fully saturated rings. The van der Waals surface area contributed by atoms with Crippen LogP contribution in [-0.2, 0) is 4.74 Å². The molecule has 0 saturated carbocycles. The second-order valence-electron chi connectivity index (χ2n) is 8.18. The van der Waals surface area contributed by atoms with Gasteiger partial charge in [-0.1, -0.05) is 29.3 Å². The predicted molar refractivity (Wildman–Crippen MR) is 135 cm³/mol. The Bertz CT molecular complexity index is 1280. The lowest BCUT2D eigenvalue weighted by Crippen LogP contribution is -2.31. The summed E-state index contributed by atoms with van der Waals surface area (Å²) in [5.74, 6) is -1.62. The Morgan fingerprint density at radius 1 is 1.20 bits per heavy atom. The molecule has 1 atom stereocenters. The van der Waals surface area contributed by atoms with Crippen molar-refractivity contribution in [1.29, 1.82) is 0 Å². The number of methoxy groups -OCH3 is 1. The molecular formula is C25H23Cl2FN4O3. The van der Waals surface area contributed by atoms with Gasteiger partial charge < -0.3 is 15.4 Å². The third-order valence-corrected chi connectivity index (χ3v) is 6.67. The second kappa shape index (κ2) is 10.2. The van der Waals surface area contributed by atoms with Gasteiger partial charge in [-0.2, -0.15) is 0 Å². The molecule has 35 heavy (non-hydrogen) atoms. The number of ether oxygens (including phenoxy) is 1. The summed E-state index contributed by atoms with van der Waals surface area (Å²) < 4.78 is 20.0. The van der Waals surface area contributed by atoms with Gasteiger partial charge in [-0.05, 0) is 42.8 Å². The number of nitrogens with zero attached hydrogens (tertiary/aromatic N) is 3. The molecule has 0 bridgehead atoms. The van der Waals surface area contributed by atoms with E-state index in [4.69, 9.17) is 33.7 Å². The van der Waals surface area contributed by atoms with Gasteiger partial charge in [0.1, 0.15) is 5.82 Å². The minimum atomic E-state index is -0.719. The molecule has 4 rings (SSSR count). The summed E-state index contributed by atoms with van der Waals surface area (Å²) in [6.07, 6.45) is 2.34. The van der Waals surface area contributed by atoms with Crippen molar-refractivity contribution in [3.63, 3.8) is 0 Å². The van der Waals surface area contributed by atoms with Gasteiger partial charge in [0.15, 0.2) is 5.82 Å². The van der Waals surface area contributed by atoms with Crippen LogP contribution in [0.4, 0.5) is 15.9 Å². The average Bonchev–Trinajstić information content (AvgIpc) is 3.32. The van der Waals surface area contributed by atoms with Crippen LogP contribution < -0.4 is 15.5 Å². The third kappa shape index (κ3) is 4.96. The maximum Gasteiger partial charge on any atom is 0.263 e. The molecular weight excluding hydrogens is 494 g/mol. The minimum Gasteiger partial charge on any atom is -0.380 e. The van der Waals surface area contributed by atoms with E-state index in [9.17, 15) is 14.0 Å². The lowest BCUT2D eigenvalue weighted by molar-refractivity contribution is 0.0984. The summed E-state index contributed by atoms with van der Waals surface area (Å²) in [7, 11) is 3.16. The molecule has 2 amide bonds. The first-order valence-corrected chi connectivity index (χ1v) is 11.6. The first-order valence-electron chi connectivity index (χ1n) is 10.8. The van der Waals surface area contributed by atoms with Gasteiger partial charge in [0.25, 0.3) is 5.91 Å². The first-order chi connectivity index (χ1) is 16.7. The summed E-state index contributed by atoms with van der Waals surface area (Å²) in [5, 5.41) is 0.421. The number of anilines is 2. The number of amides is 2. The molecule has 2 N–H and O–H groups in total. The van der Waals surface area contributed by atoms with Crippen LogP contribution in [0.15, 0.2) is 48.7 Å². The van der Waals surface area contributed by atoms with E-state index in [0.29, 0.717) is 46.3 Å². The Morgan fingerprint density at radius 3 is 2.63 bits per heavy atom. The van der Waals surface area contributed by atoms with Crippen LogP contribution in [-0.4, -0.2) is 50.1 Å². The first kappa shape index (κ1) is 24.9. The van der Waals surface area contributed by atoms with Crippen LogP contribution in [0.5, 0.6) is 0 Å². The molecule has 2 aromatic carbocycles. The molecule has 1 saturated heterocycles. The predicted octanol–water partition coefficient (Wildman–Crippen LogP) is 4.80. The number of rotatable bonds is 6. The lowest BCUT2D eigenvalue weighted by Gasteiger charge is -2.26. The lowest BCUT2D eigenvalue weighted by atomic mass is 10.0. The van der Waals surface area contributed by atoms with E-state index in [1.807, 2.05) is 11.0 Å². The van der Waals surface area contributed by atoms with E-state index in [1.165, 1.54) is 30.1 Å². The van der Waals surface area contributed by atoms with E-state index in [2.05, 4.69) is 4.98 Å². The third-order valence-electron chi connectivity index (χ3n) is 6.03. The van der Waals surface area contributed by atoms with Gasteiger partial charge in [-0.3, -0.25) is 14.5 Å². The zero-order chi connectivity index (χ0) is 25.3. The van der Waals surface area contributed by atoms with Crippen molar-refractivity contribution in [2.45, 2.75) is 12.5 Å². The van der Waals surface area contributed by atoms with Crippen molar-refractivity contribution in [3.8, 4) is 11.1 Å². The Morgan fingerprint density at radius 2 is 1.97 bits per heavy atom. The van der Waals surface area contributed by atoms with Crippen LogP contribution in [0.1, 0.15) is 27.1 Å². The molecule has 3 aromatic rings. The van der Waals surface area contributed by atoms with E-state index in [1.54, 1.807) is 31.5 Å². The van der Waals surface area contributed by atoms with Crippen LogP contribution in [0.2, 0.25) is 10.0 Å². The Labute approximate surface area is 212 Å². The molecule has 1 aliphatic heterocycles. The van der Waals surface area contributed by atoms with E-state index in [-0.39, 0.29) is 16.7 Å². The molecule has 7 nitrogen and oxygen atoms in total. The molecule has 10 heteroatoms. The number of hydrogen-bond donors (Lipinski definition) is 1. The van der Waals surface area contributed by atoms with Crippen molar-refractivity contribution in [1.82, 2.24) is 4.98 Å². The fraction of sp³-hybridized carbons (Fsp3) is 0.240.